The zero-order valence-electron chi connectivity index (χ0n) is 2.79. The largest absolute Gasteiger partial charge is 0.342 e. The van der Waals surface area contributed by atoms with E-state index >= 15 is 0 Å². The second kappa shape index (κ2) is 3.06. The Bertz CT molecular complexity index is 8.00. The van der Waals surface area contributed by atoms with Crippen LogP contribution in [0.3, 0.4) is 0 Å². The van der Waals surface area contributed by atoms with Crippen molar-refractivity contribution < 1.29 is 4.32 Å². The summed E-state index contributed by atoms with van der Waals surface area (Å²) in [5.41, 5.74) is 0. The summed E-state index contributed by atoms with van der Waals surface area (Å²) in [6.07, 6.45) is 0.653. The van der Waals surface area contributed by atoms with Crippen LogP contribution in [-0.2, 0) is 0 Å². The number of halogens is 1. The molecule has 0 aliphatic heterocycles. The molecule has 3 heteroatoms. The molecule has 0 fully saturated rings. The summed E-state index contributed by atoms with van der Waals surface area (Å²) in [4.78, 5) is 0. The van der Waals surface area contributed by atoms with E-state index in [-0.39, 0.29) is 7.56 Å². The maximum absolute atomic E-state index is 10.7. The quantitative estimate of drug-likeness (QED) is 0.350. The average Bonchev–Trinajstić information content (AvgIpc) is 1.37. The average molecular weight is 57.7 g/mol. The molecule has 0 radical (unpaired) electrons. The van der Waals surface area contributed by atoms with Crippen LogP contribution in [-0.4, -0.2) is 15.4 Å². The van der Waals surface area contributed by atoms with Crippen molar-refractivity contribution in [3.05, 3.63) is 0 Å². The molecule has 0 N–H and O–H groups in total. The van der Waals surface area contributed by atoms with Gasteiger partial charge in [-0.3, -0.25) is 0 Å². The Morgan fingerprint density at radius 1 is 2.00 bits per heavy atom. The van der Waals surface area contributed by atoms with Crippen molar-refractivity contribution in [3.63, 3.8) is 0 Å². The maximum Gasteiger partial charge on any atom is 0.323 e. The van der Waals surface area contributed by atoms with Crippen LogP contribution >= 0.6 is 0 Å². The van der Waals surface area contributed by atoms with Gasteiger partial charge < -0.3 is 4.32 Å². The normalized spacial score (nSPS) is 6.25. The third-order valence-electron chi connectivity index (χ3n) is 0.189. The van der Waals surface area contributed by atoms with Crippen molar-refractivity contribution >= 4 is 15.4 Å². The van der Waals surface area contributed by atoms with Crippen molar-refractivity contribution in [1.29, 1.82) is 0 Å². The smallest absolute Gasteiger partial charge is 0.323 e. The topological polar surface area (TPSA) is 0 Å². The molecule has 0 heterocycles. The molecule has 0 bridgehead atoms. The van der Waals surface area contributed by atoms with E-state index in [0.29, 0.717) is 6.22 Å². The highest BCUT2D eigenvalue weighted by Gasteiger charge is 1.69. The fraction of sp³-hybridized carbons (Fsp3) is 1.00. The van der Waals surface area contributed by atoms with E-state index in [0.717, 1.165) is 0 Å². The molecular formula is CH5B2F. The van der Waals surface area contributed by atoms with Gasteiger partial charge in [0.1, 0.15) is 0 Å². The molecular weight excluding hydrogens is 52.6 g/mol. The lowest BCUT2D eigenvalue weighted by Crippen LogP contribution is -1.71. The zero-order chi connectivity index (χ0) is 3.41. The van der Waals surface area contributed by atoms with E-state index < -0.39 is 0 Å². The van der Waals surface area contributed by atoms with Crippen LogP contribution in [0.2, 0.25) is 6.22 Å². The Kier molecular flexibility index (Phi) is 3.11. The lowest BCUT2D eigenvalue weighted by Gasteiger charge is -1.58. The Labute approximate surface area is 27.1 Å². The summed E-state index contributed by atoms with van der Waals surface area (Å²) in [5, 5.41) is 0. The first-order chi connectivity index (χ1) is 1.91. The monoisotopic (exact) mass is 58.1 g/mol. The Balaban J connectivity index is 1.97. The molecule has 0 aromatic rings. The van der Waals surface area contributed by atoms with Gasteiger partial charge in [-0.25, -0.2) is 0 Å². The molecule has 0 saturated heterocycles. The van der Waals surface area contributed by atoms with Crippen molar-refractivity contribution in [2.75, 3.05) is 0 Å². The van der Waals surface area contributed by atoms with Gasteiger partial charge in [0.15, 0.2) is 0 Å². The van der Waals surface area contributed by atoms with Gasteiger partial charge in [-0.15, -0.1) is 0 Å². The number of hydrogen-bond acceptors (Lipinski definition) is 0. The number of hydrogen-bond donors (Lipinski definition) is 0. The Morgan fingerprint density at radius 2 is 2.25 bits per heavy atom. The van der Waals surface area contributed by atoms with Gasteiger partial charge >= 0.3 is 7.56 Å². The van der Waals surface area contributed by atoms with E-state index in [1.54, 1.807) is 7.85 Å². The van der Waals surface area contributed by atoms with Crippen LogP contribution in [0, 0.1) is 0 Å². The lowest BCUT2D eigenvalue weighted by atomic mass is 9.84. The summed E-state index contributed by atoms with van der Waals surface area (Å²) >= 11 is 0. The third-order valence-corrected chi connectivity index (χ3v) is 0.189. The van der Waals surface area contributed by atoms with Crippen molar-refractivity contribution in [1.82, 2.24) is 0 Å². The summed E-state index contributed by atoms with van der Waals surface area (Å²) in [5.74, 6) is 0. The van der Waals surface area contributed by atoms with Crippen LogP contribution in [0.1, 0.15) is 0 Å². The third kappa shape index (κ3) is 2.06. The number of rotatable bonds is 1. The highest BCUT2D eigenvalue weighted by molar-refractivity contribution is 6.40. The minimum atomic E-state index is -0.181. The lowest BCUT2D eigenvalue weighted by molar-refractivity contribution is 0.874. The fourth-order valence-corrected chi connectivity index (χ4v) is 0. The highest BCUT2D eigenvalue weighted by Crippen LogP contribution is 1.60. The molecule has 0 rings (SSSR count). The molecule has 0 aromatic carbocycles. The summed E-state index contributed by atoms with van der Waals surface area (Å²) in [6.45, 7) is 0. The van der Waals surface area contributed by atoms with Gasteiger partial charge in [-0.1, -0.05) is 6.22 Å². The van der Waals surface area contributed by atoms with Crippen molar-refractivity contribution in [2.24, 2.45) is 0 Å². The predicted octanol–water partition coefficient (Wildman–Crippen LogP) is -0.684. The summed E-state index contributed by atoms with van der Waals surface area (Å²) in [7, 11) is 1.62. The zero-order valence-corrected chi connectivity index (χ0v) is 2.79. The first-order valence-corrected chi connectivity index (χ1v) is 1.47. The highest BCUT2D eigenvalue weighted by atomic mass is 19.1. The van der Waals surface area contributed by atoms with E-state index in [9.17, 15) is 4.32 Å². The standard InChI is InChI=1S/CH5B2F/c2-1-3-4/h3H,1-2H2. The molecule has 0 atom stereocenters. The molecule has 0 aliphatic rings. The van der Waals surface area contributed by atoms with E-state index in [1.807, 2.05) is 0 Å². The van der Waals surface area contributed by atoms with Gasteiger partial charge in [0.2, 0.25) is 0 Å². The van der Waals surface area contributed by atoms with Crippen LogP contribution < -0.4 is 0 Å². The molecule has 0 nitrogen and oxygen atoms in total. The molecule has 0 spiro atoms. The van der Waals surface area contributed by atoms with E-state index in [2.05, 4.69) is 0 Å². The fourth-order valence-electron chi connectivity index (χ4n) is 0. The molecule has 0 aromatic heterocycles. The molecule has 0 aliphatic carbocycles. The molecule has 22 valence electrons. The molecule has 0 saturated carbocycles. The molecule has 4 heavy (non-hydrogen) atoms. The Hall–Kier alpha value is 0.0599. The van der Waals surface area contributed by atoms with E-state index in [1.165, 1.54) is 0 Å². The first kappa shape index (κ1) is 4.06. The first-order valence-electron chi connectivity index (χ1n) is 1.47. The van der Waals surface area contributed by atoms with Crippen molar-refractivity contribution in [3.8, 4) is 0 Å². The summed E-state index contributed by atoms with van der Waals surface area (Å²) in [6, 6.07) is 0. The second-order valence-corrected chi connectivity index (χ2v) is 0.689. The minimum absolute atomic E-state index is 0.181. The maximum atomic E-state index is 10.7. The van der Waals surface area contributed by atoms with Gasteiger partial charge in [-0.2, -0.15) is 0 Å². The van der Waals surface area contributed by atoms with Crippen LogP contribution in [0.25, 0.3) is 0 Å². The predicted molar refractivity (Wildman–Crippen MR) is 21.6 cm³/mol. The summed E-state index contributed by atoms with van der Waals surface area (Å²) < 4.78 is 10.7. The van der Waals surface area contributed by atoms with Gasteiger partial charge in [-0.05, 0) is 0 Å². The van der Waals surface area contributed by atoms with E-state index in [4.69, 9.17) is 0 Å². The minimum Gasteiger partial charge on any atom is -0.342 e. The second-order valence-electron chi connectivity index (χ2n) is 0.689. The van der Waals surface area contributed by atoms with Crippen LogP contribution in [0.5, 0.6) is 0 Å². The SMILES string of the molecule is BCBF. The van der Waals surface area contributed by atoms with Gasteiger partial charge in [0, 0.05) is 0 Å². The van der Waals surface area contributed by atoms with Gasteiger partial charge in [0.25, 0.3) is 0 Å². The molecule has 0 amide bonds. The van der Waals surface area contributed by atoms with Gasteiger partial charge in [0.05, 0.1) is 7.85 Å². The molecule has 0 unspecified atom stereocenters. The van der Waals surface area contributed by atoms with Crippen LogP contribution in [0.4, 0.5) is 4.32 Å². The van der Waals surface area contributed by atoms with Crippen molar-refractivity contribution in [2.45, 2.75) is 6.22 Å². The Morgan fingerprint density at radius 3 is 2.25 bits per heavy atom. The van der Waals surface area contributed by atoms with Crippen LogP contribution in [0.15, 0.2) is 0 Å².